The fourth-order valence-electron chi connectivity index (χ4n) is 5.81. The fraction of sp³-hybridized carbons (Fsp3) is 0.500. The lowest BCUT2D eigenvalue weighted by Gasteiger charge is -2.32. The zero-order valence-electron chi connectivity index (χ0n) is 22.8. The van der Waals surface area contributed by atoms with E-state index in [1.165, 1.54) is 29.1 Å². The Morgan fingerprint density at radius 2 is 1.86 bits per heavy atom. The Hall–Kier alpha value is -4.01. The monoisotopic (exact) mass is 610 g/mol. The predicted molar refractivity (Wildman–Crippen MR) is 136 cm³/mol. The second-order valence-corrected chi connectivity index (χ2v) is 10.8. The van der Waals surface area contributed by atoms with Gasteiger partial charge in [-0.15, -0.1) is 8.78 Å². The number of hydrogen-bond donors (Lipinski definition) is 1. The number of ether oxygens (including phenoxy) is 4. The Labute approximate surface area is 241 Å². The van der Waals surface area contributed by atoms with Crippen molar-refractivity contribution in [1.82, 2.24) is 19.7 Å². The van der Waals surface area contributed by atoms with E-state index in [1.807, 2.05) is 0 Å². The highest BCUT2D eigenvalue weighted by Crippen LogP contribution is 2.44. The molecule has 0 spiro atoms. The van der Waals surface area contributed by atoms with Crippen LogP contribution in [0.5, 0.6) is 17.4 Å². The number of carbonyl (C=O) groups is 1. The van der Waals surface area contributed by atoms with Crippen LogP contribution in [-0.2, 0) is 22.1 Å². The minimum Gasteiger partial charge on any atom is -0.481 e. The summed E-state index contributed by atoms with van der Waals surface area (Å²) in [6, 6.07) is 4.17. The van der Waals surface area contributed by atoms with E-state index in [-0.39, 0.29) is 46.8 Å². The number of rotatable bonds is 7. The van der Waals surface area contributed by atoms with Crippen LogP contribution < -0.4 is 14.2 Å². The first-order valence-corrected chi connectivity index (χ1v) is 13.8. The summed E-state index contributed by atoms with van der Waals surface area (Å²) in [6.45, 7) is 1.59. The van der Waals surface area contributed by atoms with E-state index < -0.39 is 42.3 Å². The molecule has 1 fully saturated rings. The van der Waals surface area contributed by atoms with E-state index in [0.717, 1.165) is 6.20 Å². The minimum absolute atomic E-state index is 0.0351. The smallest absolute Gasteiger partial charge is 0.481 e. The second-order valence-electron chi connectivity index (χ2n) is 10.8. The molecule has 1 N–H and O–H groups in total. The summed E-state index contributed by atoms with van der Waals surface area (Å²) in [4.78, 5) is 19.6. The Bertz CT molecular complexity index is 1520. The lowest BCUT2D eigenvalue weighted by molar-refractivity contribution is -0.286. The lowest BCUT2D eigenvalue weighted by atomic mass is 9.87. The number of pyridine rings is 2. The van der Waals surface area contributed by atoms with Crippen LogP contribution in [0.1, 0.15) is 80.3 Å². The van der Waals surface area contributed by atoms with Crippen LogP contribution in [0.2, 0.25) is 0 Å². The van der Waals surface area contributed by atoms with Gasteiger partial charge in [-0.3, -0.25) is 9.78 Å². The molecule has 1 aliphatic heterocycles. The van der Waals surface area contributed by atoms with Gasteiger partial charge in [0.2, 0.25) is 5.88 Å². The summed E-state index contributed by atoms with van der Waals surface area (Å²) < 4.78 is 91.4. The number of alkyl halides is 5. The van der Waals surface area contributed by atoms with Gasteiger partial charge in [0, 0.05) is 23.9 Å². The van der Waals surface area contributed by atoms with E-state index in [9.17, 15) is 31.9 Å². The predicted octanol–water partition coefficient (Wildman–Crippen LogP) is 6.18. The van der Waals surface area contributed by atoms with Crippen molar-refractivity contribution >= 4 is 5.97 Å². The van der Waals surface area contributed by atoms with Crippen molar-refractivity contribution in [2.75, 3.05) is 0 Å². The molecular formula is C28H27F5N4O6. The number of fused-ring (bicyclic) bond motifs is 2. The number of halogens is 5. The zero-order valence-corrected chi connectivity index (χ0v) is 22.8. The molecule has 1 unspecified atom stereocenters. The topological polar surface area (TPSA) is 118 Å². The van der Waals surface area contributed by atoms with E-state index in [2.05, 4.69) is 24.5 Å². The summed E-state index contributed by atoms with van der Waals surface area (Å²) in [5.41, 5.74) is -0.139. The van der Waals surface area contributed by atoms with Crippen LogP contribution in [0, 0.1) is 5.92 Å². The van der Waals surface area contributed by atoms with Gasteiger partial charge in [0.15, 0.2) is 17.2 Å². The van der Waals surface area contributed by atoms with Crippen molar-refractivity contribution < 1.29 is 50.8 Å². The number of nitrogens with zero attached hydrogens (tertiary/aromatic N) is 4. The van der Waals surface area contributed by atoms with Gasteiger partial charge in [-0.2, -0.15) is 18.3 Å². The van der Waals surface area contributed by atoms with E-state index in [0.29, 0.717) is 44.2 Å². The van der Waals surface area contributed by atoms with E-state index in [1.54, 1.807) is 6.92 Å². The fourth-order valence-corrected chi connectivity index (χ4v) is 5.81. The quantitative estimate of drug-likeness (QED) is 0.313. The molecule has 0 aromatic carbocycles. The van der Waals surface area contributed by atoms with Gasteiger partial charge < -0.3 is 24.1 Å². The molecule has 2 aliphatic carbocycles. The Balaban J connectivity index is 1.27. The first kappa shape index (κ1) is 29.1. The average molecular weight is 611 g/mol. The third-order valence-electron chi connectivity index (χ3n) is 7.86. The maximum Gasteiger partial charge on any atom is 0.586 e. The third-order valence-corrected chi connectivity index (χ3v) is 7.86. The lowest BCUT2D eigenvalue weighted by Crippen LogP contribution is -2.29. The van der Waals surface area contributed by atoms with E-state index in [4.69, 9.17) is 9.47 Å². The molecule has 2 atom stereocenters. The van der Waals surface area contributed by atoms with Crippen LogP contribution in [0.25, 0.3) is 5.69 Å². The Kier molecular flexibility index (Phi) is 7.39. The minimum atomic E-state index is -4.69. The highest BCUT2D eigenvalue weighted by molar-refractivity contribution is 5.70. The molecule has 15 heteroatoms. The normalized spacial score (nSPS) is 23.4. The van der Waals surface area contributed by atoms with Gasteiger partial charge in [-0.05, 0) is 57.9 Å². The van der Waals surface area contributed by atoms with Crippen LogP contribution in [0.4, 0.5) is 22.0 Å². The number of hydrogen-bond acceptors (Lipinski definition) is 8. The molecule has 0 radical (unpaired) electrons. The summed E-state index contributed by atoms with van der Waals surface area (Å²) in [6.07, 6.45) is -4.80. The highest BCUT2D eigenvalue weighted by Gasteiger charge is 2.44. The summed E-state index contributed by atoms with van der Waals surface area (Å²) >= 11 is 0. The van der Waals surface area contributed by atoms with Crippen molar-refractivity contribution in [3.05, 3.63) is 53.2 Å². The van der Waals surface area contributed by atoms with Gasteiger partial charge in [-0.1, -0.05) is 0 Å². The zero-order chi connectivity index (χ0) is 30.5. The van der Waals surface area contributed by atoms with Gasteiger partial charge in [-0.25, -0.2) is 9.67 Å². The number of aliphatic carboxylic acids is 1. The molecule has 230 valence electrons. The molecule has 3 aliphatic rings. The van der Waals surface area contributed by atoms with Crippen LogP contribution in [-0.4, -0.2) is 43.2 Å². The summed E-state index contributed by atoms with van der Waals surface area (Å²) in [7, 11) is 0. The molecule has 1 saturated carbocycles. The first-order valence-electron chi connectivity index (χ1n) is 13.8. The Morgan fingerprint density at radius 1 is 1.12 bits per heavy atom. The van der Waals surface area contributed by atoms with Crippen molar-refractivity contribution in [2.24, 2.45) is 5.92 Å². The Morgan fingerprint density at radius 3 is 2.58 bits per heavy atom. The molecule has 4 heterocycles. The van der Waals surface area contributed by atoms with Crippen molar-refractivity contribution in [3.8, 4) is 23.1 Å². The molecule has 3 aromatic heterocycles. The number of carboxylic acid groups (broad SMARTS) is 1. The summed E-state index contributed by atoms with van der Waals surface area (Å²) in [5, 5.41) is 13.3. The maximum atomic E-state index is 14.1. The second kappa shape index (κ2) is 10.9. The molecule has 10 nitrogen and oxygen atoms in total. The molecule has 6 rings (SSSR count). The molecule has 43 heavy (non-hydrogen) atoms. The van der Waals surface area contributed by atoms with Crippen molar-refractivity contribution in [2.45, 2.75) is 82.7 Å². The third kappa shape index (κ3) is 5.94. The SMILES string of the molecule is C[C@@H](Oc1cc(-n2nc(C(F)(F)F)c3c2C(OC2CCC(C(=O)O)CC2)CCC3)ccn1)c1cc2c(cn1)OC(F)(F)O2. The standard InChI is InChI=1S/C28H27F5N4O6/c1-14(19-12-21-22(13-35-19)43-28(32,33)42-21)40-23-11-16(9-10-34-23)37-24-18(25(36-37)27(29,30)31)3-2-4-20(24)41-17-7-5-15(6-8-17)26(38)39/h9-15,17,20H,2-8H2,1H3,(H,38,39)/t14-,15?,17?,20?/m1/s1. The molecular weight excluding hydrogens is 583 g/mol. The number of aromatic nitrogens is 4. The maximum absolute atomic E-state index is 14.1. The van der Waals surface area contributed by atoms with Crippen molar-refractivity contribution in [3.63, 3.8) is 0 Å². The van der Waals surface area contributed by atoms with Gasteiger partial charge >= 0.3 is 18.4 Å². The molecule has 0 saturated heterocycles. The largest absolute Gasteiger partial charge is 0.586 e. The van der Waals surface area contributed by atoms with Crippen molar-refractivity contribution in [1.29, 1.82) is 0 Å². The summed E-state index contributed by atoms with van der Waals surface area (Å²) in [5.74, 6) is -1.70. The highest BCUT2D eigenvalue weighted by atomic mass is 19.4. The van der Waals surface area contributed by atoms with Crippen LogP contribution >= 0.6 is 0 Å². The van der Waals surface area contributed by atoms with Gasteiger partial charge in [0.05, 0.1) is 35.3 Å². The van der Waals surface area contributed by atoms with Gasteiger partial charge in [0.1, 0.15) is 12.2 Å². The first-order chi connectivity index (χ1) is 20.4. The number of carboxylic acids is 1. The molecule has 3 aromatic rings. The van der Waals surface area contributed by atoms with E-state index >= 15 is 0 Å². The van der Waals surface area contributed by atoms with Gasteiger partial charge in [0.25, 0.3) is 0 Å². The molecule has 0 bridgehead atoms. The molecule has 0 amide bonds. The van der Waals surface area contributed by atoms with Crippen LogP contribution in [0.15, 0.2) is 30.6 Å². The van der Waals surface area contributed by atoms with Crippen LogP contribution in [0.3, 0.4) is 0 Å². The average Bonchev–Trinajstić information content (AvgIpc) is 3.50.